The molecular formula is C7H10N5O2+. The van der Waals surface area contributed by atoms with E-state index in [4.69, 9.17) is 17.2 Å². The van der Waals surface area contributed by atoms with Crippen LogP contribution in [0.2, 0.25) is 0 Å². The first kappa shape index (κ1) is 9.78. The van der Waals surface area contributed by atoms with Crippen molar-refractivity contribution in [3.05, 3.63) is 23.5 Å². The van der Waals surface area contributed by atoms with Gasteiger partial charge >= 0.3 is 11.9 Å². The average molecular weight is 196 g/mol. The Morgan fingerprint density at radius 3 is 2.14 bits per heavy atom. The van der Waals surface area contributed by atoms with Crippen LogP contribution in [0.15, 0.2) is 12.1 Å². The molecule has 0 aliphatic heterocycles. The molecule has 0 spiro atoms. The minimum atomic E-state index is -0.645. The van der Waals surface area contributed by atoms with Gasteiger partial charge in [-0.05, 0) is 12.1 Å². The van der Waals surface area contributed by atoms with Crippen molar-refractivity contribution in [3.8, 4) is 0 Å². The quantitative estimate of drug-likeness (QED) is 0.248. The van der Waals surface area contributed by atoms with Crippen molar-refractivity contribution >= 4 is 17.8 Å². The lowest BCUT2D eigenvalue weighted by molar-refractivity contribution is -0.347. The Morgan fingerprint density at radius 2 is 1.71 bits per heavy atom. The third-order valence-electron chi connectivity index (χ3n) is 1.45. The van der Waals surface area contributed by atoms with E-state index in [0.29, 0.717) is 0 Å². The molecule has 8 N–H and O–H groups in total. The largest absolute Gasteiger partial charge is 0.364 e. The van der Waals surface area contributed by atoms with Crippen LogP contribution >= 0.6 is 0 Å². The lowest BCUT2D eigenvalue weighted by atomic mass is 10.4. The molecular weight excluding hydrogens is 186 g/mol. The van der Waals surface area contributed by atoms with Gasteiger partial charge < -0.3 is 10.7 Å². The maximum atomic E-state index is 11.2. The van der Waals surface area contributed by atoms with Gasteiger partial charge in [-0.2, -0.15) is 0 Å². The van der Waals surface area contributed by atoms with E-state index in [1.54, 1.807) is 0 Å². The number of guanidine groups is 1. The summed E-state index contributed by atoms with van der Waals surface area (Å²) in [4.78, 5) is 26.5. The molecule has 1 aromatic rings. The molecule has 2 amide bonds. The zero-order chi connectivity index (χ0) is 10.7. The summed E-state index contributed by atoms with van der Waals surface area (Å²) in [5.41, 5.74) is 15.4. The van der Waals surface area contributed by atoms with Crippen LogP contribution in [0.5, 0.6) is 0 Å². The van der Waals surface area contributed by atoms with Crippen molar-refractivity contribution in [1.29, 1.82) is 0 Å². The van der Waals surface area contributed by atoms with Crippen molar-refractivity contribution < 1.29 is 14.6 Å². The summed E-state index contributed by atoms with van der Waals surface area (Å²) in [6, 6.07) is 2.79. The van der Waals surface area contributed by atoms with Gasteiger partial charge in [0.2, 0.25) is 0 Å². The predicted octanol–water partition coefficient (Wildman–Crippen LogP) is -3.39. The number of nitrogens with two attached hydrogens (primary N) is 3. The number of nitrogens with one attached hydrogen (secondary N) is 2. The first-order valence-electron chi connectivity index (χ1n) is 3.68. The molecule has 1 heterocycles. The van der Waals surface area contributed by atoms with Gasteiger partial charge in [0.05, 0.1) is 0 Å². The maximum Gasteiger partial charge on any atom is 0.346 e. The fourth-order valence-electron chi connectivity index (χ4n) is 0.870. The molecule has 0 aliphatic carbocycles. The number of carbonyl (C=O) groups excluding carboxylic acids is 2. The summed E-state index contributed by atoms with van der Waals surface area (Å²) < 4.78 is 0. The number of aromatic nitrogens is 1. The van der Waals surface area contributed by atoms with Crippen LogP contribution in [-0.2, 0) is 0 Å². The Kier molecular flexibility index (Phi) is 2.52. The van der Waals surface area contributed by atoms with Crippen molar-refractivity contribution in [1.82, 2.24) is 4.98 Å². The minimum Gasteiger partial charge on any atom is -0.364 e. The van der Waals surface area contributed by atoms with Gasteiger partial charge in [0.25, 0.3) is 5.91 Å². The number of hydrogen-bond donors (Lipinski definition) is 5. The molecule has 0 unspecified atom stereocenters. The SMILES string of the molecule is NC(=O)c1ccc(C(=O)[NH+]=C(N)N)[nH]1. The first-order chi connectivity index (χ1) is 6.50. The summed E-state index contributed by atoms with van der Waals surface area (Å²) in [6.45, 7) is 0. The average Bonchev–Trinajstić information content (AvgIpc) is 2.50. The van der Waals surface area contributed by atoms with Gasteiger partial charge in [-0.25, -0.2) is 9.79 Å². The van der Waals surface area contributed by atoms with Gasteiger partial charge in [0.1, 0.15) is 11.4 Å². The van der Waals surface area contributed by atoms with E-state index in [1.165, 1.54) is 12.1 Å². The molecule has 0 aromatic carbocycles. The Balaban J connectivity index is 2.93. The van der Waals surface area contributed by atoms with E-state index in [1.807, 2.05) is 0 Å². The van der Waals surface area contributed by atoms with Crippen LogP contribution in [0.4, 0.5) is 0 Å². The molecule has 1 rings (SSSR count). The van der Waals surface area contributed by atoms with E-state index in [9.17, 15) is 9.59 Å². The van der Waals surface area contributed by atoms with Crippen LogP contribution in [-0.4, -0.2) is 22.8 Å². The predicted molar refractivity (Wildman–Crippen MR) is 48.0 cm³/mol. The van der Waals surface area contributed by atoms with Gasteiger partial charge in [0.15, 0.2) is 0 Å². The number of primary amides is 1. The second-order valence-corrected chi connectivity index (χ2v) is 2.56. The van der Waals surface area contributed by atoms with E-state index in [2.05, 4.69) is 9.98 Å². The molecule has 0 aliphatic rings. The summed E-state index contributed by atoms with van der Waals surface area (Å²) in [6.07, 6.45) is 0. The molecule has 0 saturated carbocycles. The topological polar surface area (TPSA) is 142 Å². The Bertz CT molecular complexity index is 402. The number of rotatable bonds is 2. The van der Waals surface area contributed by atoms with Crippen LogP contribution in [0, 0.1) is 0 Å². The second-order valence-electron chi connectivity index (χ2n) is 2.56. The Morgan fingerprint density at radius 1 is 1.14 bits per heavy atom. The number of aromatic amines is 1. The van der Waals surface area contributed by atoms with Crippen LogP contribution < -0.4 is 22.2 Å². The number of amides is 2. The monoisotopic (exact) mass is 196 g/mol. The second kappa shape index (κ2) is 3.60. The smallest absolute Gasteiger partial charge is 0.346 e. The highest BCUT2D eigenvalue weighted by Crippen LogP contribution is 1.98. The maximum absolute atomic E-state index is 11.2. The highest BCUT2D eigenvalue weighted by atomic mass is 16.2. The Hall–Kier alpha value is -2.31. The molecule has 7 nitrogen and oxygen atoms in total. The summed E-state index contributed by atoms with van der Waals surface area (Å²) in [7, 11) is 0. The van der Waals surface area contributed by atoms with Gasteiger partial charge in [-0.3, -0.25) is 16.3 Å². The third-order valence-corrected chi connectivity index (χ3v) is 1.45. The van der Waals surface area contributed by atoms with Crippen molar-refractivity contribution in [2.45, 2.75) is 0 Å². The fraction of sp³-hybridized carbons (Fsp3) is 0. The molecule has 14 heavy (non-hydrogen) atoms. The van der Waals surface area contributed by atoms with Crippen molar-refractivity contribution in [2.24, 2.45) is 17.2 Å². The fourth-order valence-corrected chi connectivity index (χ4v) is 0.870. The molecule has 0 radical (unpaired) electrons. The van der Waals surface area contributed by atoms with Crippen LogP contribution in [0.25, 0.3) is 0 Å². The molecule has 0 fully saturated rings. The lowest BCUT2D eigenvalue weighted by Gasteiger charge is -1.89. The normalized spacial score (nSPS) is 9.43. The molecule has 0 saturated heterocycles. The summed E-state index contributed by atoms with van der Waals surface area (Å²) in [5.74, 6) is -1.39. The summed E-state index contributed by atoms with van der Waals surface area (Å²) >= 11 is 0. The first-order valence-corrected chi connectivity index (χ1v) is 3.68. The van der Waals surface area contributed by atoms with E-state index in [0.717, 1.165) is 0 Å². The van der Waals surface area contributed by atoms with E-state index in [-0.39, 0.29) is 17.3 Å². The van der Waals surface area contributed by atoms with Crippen molar-refractivity contribution in [3.63, 3.8) is 0 Å². The molecule has 1 aromatic heterocycles. The third kappa shape index (κ3) is 2.09. The molecule has 0 atom stereocenters. The summed E-state index contributed by atoms with van der Waals surface area (Å²) in [5, 5.41) is 0. The van der Waals surface area contributed by atoms with Crippen LogP contribution in [0.1, 0.15) is 21.0 Å². The number of hydrogen-bond acceptors (Lipinski definition) is 2. The highest BCUT2D eigenvalue weighted by Gasteiger charge is 2.11. The Labute approximate surface area is 79.0 Å². The molecule has 0 bridgehead atoms. The molecule has 7 heteroatoms. The van der Waals surface area contributed by atoms with Crippen molar-refractivity contribution in [2.75, 3.05) is 0 Å². The zero-order valence-electron chi connectivity index (χ0n) is 7.20. The number of H-pyrrole nitrogens is 1. The zero-order valence-corrected chi connectivity index (χ0v) is 7.20. The standard InChI is InChI=1S/C7H9N5O2/c8-5(13)3-1-2-4(11-3)6(14)12-7(9)10/h1-2,11H,(H2,8,13)(H4,9,10,12,14)/p+1. The van der Waals surface area contributed by atoms with Crippen LogP contribution in [0.3, 0.4) is 0 Å². The lowest BCUT2D eigenvalue weighted by Crippen LogP contribution is -2.81. The van der Waals surface area contributed by atoms with Gasteiger partial charge in [-0.1, -0.05) is 0 Å². The highest BCUT2D eigenvalue weighted by molar-refractivity contribution is 5.94. The minimum absolute atomic E-state index is 0.144. The van der Waals surface area contributed by atoms with E-state index >= 15 is 0 Å². The van der Waals surface area contributed by atoms with Gasteiger partial charge in [0, 0.05) is 0 Å². The van der Waals surface area contributed by atoms with Gasteiger partial charge in [-0.15, -0.1) is 0 Å². The molecule has 74 valence electrons. The number of carbonyl (C=O) groups is 2. The van der Waals surface area contributed by atoms with E-state index < -0.39 is 11.8 Å².